The fourth-order valence-corrected chi connectivity index (χ4v) is 1.27. The van der Waals surface area contributed by atoms with Crippen LogP contribution in [-0.4, -0.2) is 31.2 Å². The fourth-order valence-electron chi connectivity index (χ4n) is 1.27. The Bertz CT molecular complexity index is 536. The number of ether oxygens (including phenoxy) is 1. The number of nitrogens with zero attached hydrogens (tertiary/aromatic N) is 1. The van der Waals surface area contributed by atoms with Crippen LogP contribution in [0.1, 0.15) is 5.56 Å². The van der Waals surface area contributed by atoms with E-state index < -0.39 is 11.8 Å². The van der Waals surface area contributed by atoms with Crippen molar-refractivity contribution in [3.05, 3.63) is 55.1 Å². The van der Waals surface area contributed by atoms with E-state index in [1.807, 2.05) is 0 Å². The number of rotatable bonds is 7. The van der Waals surface area contributed by atoms with Crippen LogP contribution in [0.5, 0.6) is 5.75 Å². The molecular weight excluding hydrogens is 270 g/mol. The first-order chi connectivity index (χ1) is 10.2. The van der Waals surface area contributed by atoms with Crippen molar-refractivity contribution in [2.45, 2.75) is 0 Å². The third-order valence-corrected chi connectivity index (χ3v) is 2.24. The topological polar surface area (TPSA) is 79.8 Å². The first-order valence-electron chi connectivity index (χ1n) is 6.23. The molecule has 0 saturated heterocycles. The molecular formula is C15H17N3O3. The van der Waals surface area contributed by atoms with Crippen molar-refractivity contribution < 1.29 is 14.3 Å². The Balaban J connectivity index is 2.45. The molecule has 2 N–H and O–H groups in total. The van der Waals surface area contributed by atoms with Crippen molar-refractivity contribution in [2.75, 3.05) is 13.2 Å². The third-order valence-electron chi connectivity index (χ3n) is 2.24. The minimum Gasteiger partial charge on any atom is -0.490 e. The van der Waals surface area contributed by atoms with E-state index >= 15 is 0 Å². The van der Waals surface area contributed by atoms with Crippen LogP contribution >= 0.6 is 0 Å². The molecule has 0 fully saturated rings. The molecule has 0 aliphatic heterocycles. The van der Waals surface area contributed by atoms with Gasteiger partial charge in [0.15, 0.2) is 0 Å². The number of hydrogen-bond donors (Lipinski definition) is 2. The van der Waals surface area contributed by atoms with Crippen molar-refractivity contribution in [1.29, 1.82) is 0 Å². The smallest absolute Gasteiger partial charge is 0.329 e. The maximum Gasteiger partial charge on any atom is 0.329 e. The predicted molar refractivity (Wildman–Crippen MR) is 81.1 cm³/mol. The normalized spacial score (nSPS) is 9.90. The van der Waals surface area contributed by atoms with Crippen LogP contribution in [0.25, 0.3) is 0 Å². The Morgan fingerprint density at radius 3 is 2.48 bits per heavy atom. The van der Waals surface area contributed by atoms with Crippen LogP contribution in [-0.2, 0) is 9.59 Å². The van der Waals surface area contributed by atoms with Crippen LogP contribution in [0.4, 0.5) is 0 Å². The van der Waals surface area contributed by atoms with Crippen LogP contribution in [0.3, 0.4) is 0 Å². The minimum atomic E-state index is -0.834. The molecule has 0 saturated carbocycles. The lowest BCUT2D eigenvalue weighted by molar-refractivity contribution is -0.139. The molecule has 0 atom stereocenters. The van der Waals surface area contributed by atoms with Crippen LogP contribution < -0.4 is 15.5 Å². The second-order valence-corrected chi connectivity index (χ2v) is 3.87. The Kier molecular flexibility index (Phi) is 6.99. The number of carbonyl (C=O) groups is 2. The molecule has 0 aromatic heterocycles. The van der Waals surface area contributed by atoms with Gasteiger partial charge in [-0.25, -0.2) is 5.43 Å². The van der Waals surface area contributed by atoms with Gasteiger partial charge in [-0.2, -0.15) is 5.10 Å². The van der Waals surface area contributed by atoms with Crippen molar-refractivity contribution in [1.82, 2.24) is 10.7 Å². The highest BCUT2D eigenvalue weighted by molar-refractivity contribution is 6.35. The predicted octanol–water partition coefficient (Wildman–Crippen LogP) is 1.00. The largest absolute Gasteiger partial charge is 0.490 e. The molecule has 110 valence electrons. The Morgan fingerprint density at radius 2 is 1.86 bits per heavy atom. The van der Waals surface area contributed by atoms with Gasteiger partial charge in [0.2, 0.25) is 0 Å². The minimum absolute atomic E-state index is 0.224. The van der Waals surface area contributed by atoms with Gasteiger partial charge in [-0.15, -0.1) is 6.58 Å². The summed E-state index contributed by atoms with van der Waals surface area (Å²) in [7, 11) is 0. The summed E-state index contributed by atoms with van der Waals surface area (Å²) in [5.74, 6) is -0.890. The zero-order valence-corrected chi connectivity index (χ0v) is 11.5. The van der Waals surface area contributed by atoms with E-state index in [1.165, 1.54) is 12.3 Å². The average molecular weight is 287 g/mol. The molecule has 0 spiro atoms. The third kappa shape index (κ3) is 6.20. The highest BCUT2D eigenvalue weighted by atomic mass is 16.5. The second-order valence-electron chi connectivity index (χ2n) is 3.87. The van der Waals surface area contributed by atoms with E-state index in [-0.39, 0.29) is 6.54 Å². The molecule has 0 unspecified atom stereocenters. The number of carbonyl (C=O) groups excluding carboxylic acids is 2. The molecule has 6 heteroatoms. The molecule has 2 amide bonds. The standard InChI is InChI=1S/C15H17N3O3/c1-3-9-16-14(19)15(20)18-17-11-12-5-7-13(8-6-12)21-10-4-2/h3-8,11H,1-2,9-10H2,(H,16,19)(H,18,20). The SMILES string of the molecule is C=CCNC(=O)C(=O)NN=Cc1ccc(OCC=C)cc1. The zero-order valence-electron chi connectivity index (χ0n) is 11.5. The average Bonchev–Trinajstić information content (AvgIpc) is 2.51. The molecule has 0 aliphatic rings. The van der Waals surface area contributed by atoms with E-state index in [9.17, 15) is 9.59 Å². The van der Waals surface area contributed by atoms with E-state index in [4.69, 9.17) is 4.74 Å². The molecule has 1 aromatic carbocycles. The summed E-state index contributed by atoms with van der Waals surface area (Å²) in [6.07, 6.45) is 4.56. The molecule has 0 radical (unpaired) electrons. The van der Waals surface area contributed by atoms with Gasteiger partial charge in [-0.3, -0.25) is 9.59 Å². The molecule has 0 bridgehead atoms. The second kappa shape index (κ2) is 9.08. The lowest BCUT2D eigenvalue weighted by atomic mass is 10.2. The Morgan fingerprint density at radius 1 is 1.14 bits per heavy atom. The van der Waals surface area contributed by atoms with Crippen molar-refractivity contribution >= 4 is 18.0 Å². The van der Waals surface area contributed by atoms with E-state index in [0.717, 1.165) is 5.56 Å². The van der Waals surface area contributed by atoms with Gasteiger partial charge in [0.25, 0.3) is 0 Å². The van der Waals surface area contributed by atoms with Crippen molar-refractivity contribution in [3.8, 4) is 5.75 Å². The van der Waals surface area contributed by atoms with E-state index in [0.29, 0.717) is 12.4 Å². The maximum absolute atomic E-state index is 11.3. The first kappa shape index (κ1) is 16.2. The van der Waals surface area contributed by atoms with Gasteiger partial charge in [-0.05, 0) is 29.8 Å². The van der Waals surface area contributed by atoms with Gasteiger partial charge in [0, 0.05) is 6.54 Å². The van der Waals surface area contributed by atoms with Crippen molar-refractivity contribution in [3.63, 3.8) is 0 Å². The highest BCUT2D eigenvalue weighted by Crippen LogP contribution is 2.10. The summed E-state index contributed by atoms with van der Waals surface area (Å²) < 4.78 is 5.33. The van der Waals surface area contributed by atoms with Gasteiger partial charge >= 0.3 is 11.8 Å². The summed E-state index contributed by atoms with van der Waals surface area (Å²) >= 11 is 0. The fraction of sp³-hybridized carbons (Fsp3) is 0.133. The number of amides is 2. The number of nitrogens with one attached hydrogen (secondary N) is 2. The number of hydrogen-bond acceptors (Lipinski definition) is 4. The van der Waals surface area contributed by atoms with Crippen LogP contribution in [0.15, 0.2) is 54.7 Å². The monoisotopic (exact) mass is 287 g/mol. The zero-order chi connectivity index (χ0) is 15.5. The lowest BCUT2D eigenvalue weighted by Crippen LogP contribution is -2.37. The van der Waals surface area contributed by atoms with Crippen LogP contribution in [0.2, 0.25) is 0 Å². The molecule has 1 aromatic rings. The molecule has 0 heterocycles. The number of hydrazone groups is 1. The van der Waals surface area contributed by atoms with Gasteiger partial charge in [0.1, 0.15) is 12.4 Å². The van der Waals surface area contributed by atoms with E-state index in [2.05, 4.69) is 29.0 Å². The molecule has 6 nitrogen and oxygen atoms in total. The van der Waals surface area contributed by atoms with Crippen LogP contribution in [0, 0.1) is 0 Å². The summed E-state index contributed by atoms with van der Waals surface area (Å²) in [6.45, 7) is 7.64. The first-order valence-corrected chi connectivity index (χ1v) is 6.23. The van der Waals surface area contributed by atoms with E-state index in [1.54, 1.807) is 30.3 Å². The number of benzene rings is 1. The van der Waals surface area contributed by atoms with Crippen molar-refractivity contribution in [2.24, 2.45) is 5.10 Å². The van der Waals surface area contributed by atoms with Gasteiger partial charge < -0.3 is 10.1 Å². The quantitative estimate of drug-likeness (QED) is 0.340. The highest BCUT2D eigenvalue weighted by Gasteiger charge is 2.10. The summed E-state index contributed by atoms with van der Waals surface area (Å²) in [6, 6.07) is 7.07. The Labute approximate surface area is 123 Å². The molecule has 1 rings (SSSR count). The van der Waals surface area contributed by atoms with Gasteiger partial charge in [-0.1, -0.05) is 18.7 Å². The summed E-state index contributed by atoms with van der Waals surface area (Å²) in [4.78, 5) is 22.5. The maximum atomic E-state index is 11.3. The Hall–Kier alpha value is -2.89. The molecule has 21 heavy (non-hydrogen) atoms. The molecule has 0 aliphatic carbocycles. The summed E-state index contributed by atoms with van der Waals surface area (Å²) in [5, 5.41) is 6.03. The lowest BCUT2D eigenvalue weighted by Gasteiger charge is -2.02. The summed E-state index contributed by atoms with van der Waals surface area (Å²) in [5.41, 5.74) is 2.89. The van der Waals surface area contributed by atoms with Gasteiger partial charge in [0.05, 0.1) is 6.21 Å².